The van der Waals surface area contributed by atoms with Crippen LogP contribution >= 0.6 is 0 Å². The molecule has 0 radical (unpaired) electrons. The SMILES string of the molecule is Cc1ccc(C(=O)NCC2CCC(c3nnc(-c4cnccn4)o3)CC2)cn1. The summed E-state index contributed by atoms with van der Waals surface area (Å²) in [5.74, 6) is 1.71. The van der Waals surface area contributed by atoms with Crippen LogP contribution in [0.15, 0.2) is 41.3 Å². The van der Waals surface area contributed by atoms with Crippen molar-refractivity contribution in [2.24, 2.45) is 5.92 Å². The van der Waals surface area contributed by atoms with Gasteiger partial charge in [-0.3, -0.25) is 14.8 Å². The van der Waals surface area contributed by atoms with Crippen LogP contribution in [0.4, 0.5) is 0 Å². The highest BCUT2D eigenvalue weighted by Gasteiger charge is 2.27. The highest BCUT2D eigenvalue weighted by molar-refractivity contribution is 5.93. The van der Waals surface area contributed by atoms with Gasteiger partial charge < -0.3 is 9.73 Å². The van der Waals surface area contributed by atoms with E-state index in [-0.39, 0.29) is 11.8 Å². The fraction of sp³-hybridized carbons (Fsp3) is 0.400. The number of aromatic nitrogens is 5. The topological polar surface area (TPSA) is 107 Å². The standard InChI is InChI=1S/C20H22N6O2/c1-13-2-5-16(11-23-13)18(27)24-10-14-3-6-15(7-4-14)19-25-26-20(28-19)17-12-21-8-9-22-17/h2,5,8-9,11-12,14-15H,3-4,6-7,10H2,1H3,(H,24,27). The minimum Gasteiger partial charge on any atom is -0.419 e. The number of hydrogen-bond acceptors (Lipinski definition) is 7. The van der Waals surface area contributed by atoms with Crippen molar-refractivity contribution in [1.29, 1.82) is 0 Å². The molecule has 8 nitrogen and oxygen atoms in total. The first-order chi connectivity index (χ1) is 13.7. The molecule has 3 heterocycles. The van der Waals surface area contributed by atoms with Crippen molar-refractivity contribution in [2.75, 3.05) is 6.54 Å². The molecule has 1 fully saturated rings. The summed E-state index contributed by atoms with van der Waals surface area (Å²) in [6.07, 6.45) is 10.4. The lowest BCUT2D eigenvalue weighted by atomic mass is 9.82. The molecule has 0 aliphatic heterocycles. The Morgan fingerprint density at radius 2 is 1.96 bits per heavy atom. The van der Waals surface area contributed by atoms with Crippen LogP contribution in [0.25, 0.3) is 11.6 Å². The summed E-state index contributed by atoms with van der Waals surface area (Å²) in [5, 5.41) is 11.3. The summed E-state index contributed by atoms with van der Waals surface area (Å²) in [7, 11) is 0. The number of carbonyl (C=O) groups is 1. The van der Waals surface area contributed by atoms with Crippen LogP contribution in [0, 0.1) is 12.8 Å². The Bertz CT molecular complexity index is 917. The fourth-order valence-electron chi connectivity index (χ4n) is 3.47. The van der Waals surface area contributed by atoms with Gasteiger partial charge in [-0.05, 0) is 50.7 Å². The third-order valence-corrected chi connectivity index (χ3v) is 5.14. The second kappa shape index (κ2) is 8.24. The monoisotopic (exact) mass is 378 g/mol. The summed E-state index contributed by atoms with van der Waals surface area (Å²) in [5.41, 5.74) is 2.09. The maximum absolute atomic E-state index is 12.2. The smallest absolute Gasteiger partial charge is 0.267 e. The van der Waals surface area contributed by atoms with Gasteiger partial charge in [0.25, 0.3) is 11.8 Å². The molecule has 144 valence electrons. The van der Waals surface area contributed by atoms with Crippen LogP contribution < -0.4 is 5.32 Å². The van der Waals surface area contributed by atoms with E-state index in [2.05, 4.69) is 30.5 Å². The molecule has 0 aromatic carbocycles. The number of pyridine rings is 1. The Balaban J connectivity index is 1.27. The van der Waals surface area contributed by atoms with Crippen molar-refractivity contribution >= 4 is 5.91 Å². The third-order valence-electron chi connectivity index (χ3n) is 5.14. The zero-order chi connectivity index (χ0) is 19.3. The van der Waals surface area contributed by atoms with Gasteiger partial charge >= 0.3 is 0 Å². The van der Waals surface area contributed by atoms with Gasteiger partial charge in [-0.2, -0.15) is 0 Å². The van der Waals surface area contributed by atoms with Crippen molar-refractivity contribution in [3.05, 3.63) is 54.1 Å². The minimum absolute atomic E-state index is 0.0693. The molecule has 3 aromatic rings. The van der Waals surface area contributed by atoms with Crippen molar-refractivity contribution < 1.29 is 9.21 Å². The maximum atomic E-state index is 12.2. The first-order valence-corrected chi connectivity index (χ1v) is 9.49. The van der Waals surface area contributed by atoms with Crippen LogP contribution in [0.2, 0.25) is 0 Å². The zero-order valence-corrected chi connectivity index (χ0v) is 15.7. The molecule has 0 spiro atoms. The fourth-order valence-corrected chi connectivity index (χ4v) is 3.47. The maximum Gasteiger partial charge on any atom is 0.267 e. The van der Waals surface area contributed by atoms with Gasteiger partial charge in [-0.1, -0.05) is 0 Å². The largest absolute Gasteiger partial charge is 0.419 e. The van der Waals surface area contributed by atoms with Gasteiger partial charge in [-0.15, -0.1) is 10.2 Å². The molecule has 4 rings (SSSR count). The van der Waals surface area contributed by atoms with E-state index in [0.29, 0.717) is 35.5 Å². The molecule has 0 unspecified atom stereocenters. The molecule has 1 aliphatic rings. The minimum atomic E-state index is -0.0693. The van der Waals surface area contributed by atoms with Crippen LogP contribution in [0.1, 0.15) is 53.5 Å². The van der Waals surface area contributed by atoms with Gasteiger partial charge in [0.2, 0.25) is 5.89 Å². The molecule has 0 saturated heterocycles. The Kier molecular flexibility index (Phi) is 5.36. The Hall–Kier alpha value is -3.16. The second-order valence-electron chi connectivity index (χ2n) is 7.15. The Morgan fingerprint density at radius 1 is 1.11 bits per heavy atom. The number of hydrogen-bond donors (Lipinski definition) is 1. The van der Waals surface area contributed by atoms with Crippen molar-refractivity contribution in [1.82, 2.24) is 30.5 Å². The van der Waals surface area contributed by atoms with E-state index < -0.39 is 0 Å². The molecule has 3 aromatic heterocycles. The number of carbonyl (C=O) groups excluding carboxylic acids is 1. The van der Waals surface area contributed by atoms with Gasteiger partial charge in [0, 0.05) is 36.7 Å². The second-order valence-corrected chi connectivity index (χ2v) is 7.15. The number of amides is 1. The van der Waals surface area contributed by atoms with Crippen LogP contribution in [0.5, 0.6) is 0 Å². The van der Waals surface area contributed by atoms with E-state index in [1.165, 1.54) is 0 Å². The summed E-state index contributed by atoms with van der Waals surface area (Å²) >= 11 is 0. The lowest BCUT2D eigenvalue weighted by Crippen LogP contribution is -2.31. The van der Waals surface area contributed by atoms with E-state index in [1.54, 1.807) is 30.9 Å². The summed E-state index contributed by atoms with van der Waals surface area (Å²) in [6.45, 7) is 2.58. The Labute approximate surface area is 162 Å². The van der Waals surface area contributed by atoms with E-state index in [0.717, 1.165) is 31.4 Å². The quantitative estimate of drug-likeness (QED) is 0.727. The average Bonchev–Trinajstić information content (AvgIpc) is 3.24. The van der Waals surface area contributed by atoms with Gasteiger partial charge in [0.1, 0.15) is 5.69 Å². The van der Waals surface area contributed by atoms with Crippen molar-refractivity contribution in [3.63, 3.8) is 0 Å². The van der Waals surface area contributed by atoms with Gasteiger partial charge in [0.15, 0.2) is 0 Å². The molecule has 1 saturated carbocycles. The average molecular weight is 378 g/mol. The predicted octanol–water partition coefficient (Wildman–Crippen LogP) is 2.93. The van der Waals surface area contributed by atoms with E-state index in [9.17, 15) is 4.79 Å². The first kappa shape index (κ1) is 18.2. The summed E-state index contributed by atoms with van der Waals surface area (Å²) < 4.78 is 5.81. The highest BCUT2D eigenvalue weighted by Crippen LogP contribution is 2.35. The molecule has 1 amide bonds. The molecule has 0 bridgehead atoms. The van der Waals surface area contributed by atoms with Crippen molar-refractivity contribution in [2.45, 2.75) is 38.5 Å². The lowest BCUT2D eigenvalue weighted by molar-refractivity contribution is 0.0942. The number of rotatable bonds is 5. The summed E-state index contributed by atoms with van der Waals surface area (Å²) in [4.78, 5) is 24.6. The predicted molar refractivity (Wildman–Crippen MR) is 101 cm³/mol. The van der Waals surface area contributed by atoms with Gasteiger partial charge in [0.05, 0.1) is 11.8 Å². The lowest BCUT2D eigenvalue weighted by Gasteiger charge is -2.26. The normalized spacial score (nSPS) is 19.3. The molecular weight excluding hydrogens is 356 g/mol. The molecule has 1 N–H and O–H groups in total. The number of aryl methyl sites for hydroxylation is 1. The van der Waals surface area contributed by atoms with E-state index in [4.69, 9.17) is 4.42 Å². The van der Waals surface area contributed by atoms with E-state index >= 15 is 0 Å². The molecule has 1 aliphatic carbocycles. The molecule has 28 heavy (non-hydrogen) atoms. The number of nitrogens with one attached hydrogen (secondary N) is 1. The van der Waals surface area contributed by atoms with Crippen LogP contribution in [-0.4, -0.2) is 37.6 Å². The zero-order valence-electron chi connectivity index (χ0n) is 15.7. The van der Waals surface area contributed by atoms with E-state index in [1.807, 2.05) is 13.0 Å². The molecular formula is C20H22N6O2. The first-order valence-electron chi connectivity index (χ1n) is 9.49. The molecule has 8 heteroatoms. The third kappa shape index (κ3) is 4.21. The summed E-state index contributed by atoms with van der Waals surface area (Å²) in [6, 6.07) is 3.65. The number of nitrogens with zero attached hydrogens (tertiary/aromatic N) is 5. The van der Waals surface area contributed by atoms with Gasteiger partial charge in [-0.25, -0.2) is 4.98 Å². The highest BCUT2D eigenvalue weighted by atomic mass is 16.4. The van der Waals surface area contributed by atoms with Crippen LogP contribution in [0.3, 0.4) is 0 Å². The Morgan fingerprint density at radius 3 is 2.68 bits per heavy atom. The molecule has 0 atom stereocenters. The van der Waals surface area contributed by atoms with Crippen LogP contribution in [-0.2, 0) is 0 Å². The van der Waals surface area contributed by atoms with Crippen molar-refractivity contribution in [3.8, 4) is 11.6 Å².